The number of nitrogens with one attached hydrogen (secondary N) is 2. The highest BCUT2D eigenvalue weighted by Crippen LogP contribution is 2.45. The summed E-state index contributed by atoms with van der Waals surface area (Å²) >= 11 is 0. The van der Waals surface area contributed by atoms with Crippen molar-refractivity contribution < 1.29 is 9.59 Å². The molecule has 2 saturated carbocycles. The summed E-state index contributed by atoms with van der Waals surface area (Å²) in [6.07, 6.45) is 9.85. The Morgan fingerprint density at radius 3 is 2.48 bits per heavy atom. The summed E-state index contributed by atoms with van der Waals surface area (Å²) in [5.41, 5.74) is 3.96. The van der Waals surface area contributed by atoms with E-state index in [1.165, 1.54) is 37.7 Å². The number of carbonyl (C=O) groups is 2. The minimum absolute atomic E-state index is 0.00592. The van der Waals surface area contributed by atoms with Gasteiger partial charge in [-0.15, -0.1) is 0 Å². The number of rotatable bonds is 6. The second-order valence-corrected chi connectivity index (χ2v) is 7.99. The molecule has 7 nitrogen and oxygen atoms in total. The molecule has 2 aliphatic carbocycles. The Bertz CT molecular complexity index is 864. The second kappa shape index (κ2) is 6.48. The number of likely N-dealkylation sites (tertiary alicyclic amines) is 1. The van der Waals surface area contributed by atoms with Gasteiger partial charge in [-0.3, -0.25) is 9.59 Å². The third-order valence-corrected chi connectivity index (χ3v) is 5.66. The van der Waals surface area contributed by atoms with Crippen LogP contribution in [0.1, 0.15) is 64.8 Å². The zero-order chi connectivity index (χ0) is 18.4. The first-order valence-electron chi connectivity index (χ1n) is 9.72. The molecule has 3 heterocycles. The molecule has 1 saturated heterocycles. The van der Waals surface area contributed by atoms with Crippen molar-refractivity contribution >= 4 is 11.8 Å². The van der Waals surface area contributed by atoms with E-state index in [-0.39, 0.29) is 17.9 Å². The van der Waals surface area contributed by atoms with Gasteiger partial charge in [-0.05, 0) is 49.1 Å². The van der Waals surface area contributed by atoms with Crippen LogP contribution in [0.5, 0.6) is 0 Å². The molecule has 1 aliphatic heterocycles. The average Bonchev–Trinajstić information content (AvgIpc) is 3.56. The topological polar surface area (TPSA) is 91.0 Å². The van der Waals surface area contributed by atoms with Crippen molar-refractivity contribution in [1.29, 1.82) is 0 Å². The first kappa shape index (κ1) is 16.5. The monoisotopic (exact) mass is 365 g/mol. The van der Waals surface area contributed by atoms with E-state index in [1.54, 1.807) is 17.3 Å². The zero-order valence-electron chi connectivity index (χ0n) is 15.1. The minimum atomic E-state index is -0.00592. The van der Waals surface area contributed by atoms with Crippen molar-refractivity contribution in [3.05, 3.63) is 47.3 Å². The fourth-order valence-electron chi connectivity index (χ4n) is 3.73. The molecule has 3 fully saturated rings. The Hall–Kier alpha value is -2.70. The standard InChI is InChI=1S/C20H23N5O2/c26-18(5-12-7-21-11-22-8-12)25-9-15(10-25)23-20(27)16-6-17(13-1-2-13)24-19(16)14-3-4-14/h6-8,11,13-15,24H,1-5,9-10H2,(H,23,27). The molecule has 0 aromatic carbocycles. The lowest BCUT2D eigenvalue weighted by Crippen LogP contribution is -2.61. The Balaban J connectivity index is 1.17. The maximum atomic E-state index is 12.8. The zero-order valence-corrected chi connectivity index (χ0v) is 15.1. The van der Waals surface area contributed by atoms with E-state index in [9.17, 15) is 9.59 Å². The van der Waals surface area contributed by atoms with Crippen molar-refractivity contribution in [2.75, 3.05) is 13.1 Å². The predicted molar refractivity (Wildman–Crippen MR) is 98.3 cm³/mol. The number of hydrogen-bond donors (Lipinski definition) is 2. The molecule has 0 radical (unpaired) electrons. The van der Waals surface area contributed by atoms with E-state index < -0.39 is 0 Å². The molecular weight excluding hydrogens is 342 g/mol. The Kier molecular flexibility index (Phi) is 3.95. The number of amides is 2. The highest BCUT2D eigenvalue weighted by Gasteiger charge is 2.36. The van der Waals surface area contributed by atoms with Gasteiger partial charge in [0, 0.05) is 36.9 Å². The van der Waals surface area contributed by atoms with Gasteiger partial charge in [-0.25, -0.2) is 9.97 Å². The van der Waals surface area contributed by atoms with Gasteiger partial charge in [0.25, 0.3) is 5.91 Å². The third-order valence-electron chi connectivity index (χ3n) is 5.66. The fraction of sp³-hybridized carbons (Fsp3) is 0.500. The van der Waals surface area contributed by atoms with Crippen molar-refractivity contribution in [2.45, 2.75) is 50.0 Å². The summed E-state index contributed by atoms with van der Waals surface area (Å²) in [6, 6.07) is 2.08. The summed E-state index contributed by atoms with van der Waals surface area (Å²) in [5.74, 6) is 1.17. The number of H-pyrrole nitrogens is 1. The van der Waals surface area contributed by atoms with Gasteiger partial charge in [-0.1, -0.05) is 0 Å². The van der Waals surface area contributed by atoms with Gasteiger partial charge < -0.3 is 15.2 Å². The first-order chi connectivity index (χ1) is 13.2. The van der Waals surface area contributed by atoms with Crippen molar-refractivity contribution in [3.63, 3.8) is 0 Å². The van der Waals surface area contributed by atoms with Crippen LogP contribution in [0, 0.1) is 0 Å². The summed E-state index contributed by atoms with van der Waals surface area (Å²) in [4.78, 5) is 38.2. The summed E-state index contributed by atoms with van der Waals surface area (Å²) < 4.78 is 0. The van der Waals surface area contributed by atoms with Gasteiger partial charge in [-0.2, -0.15) is 0 Å². The average molecular weight is 365 g/mol. The Morgan fingerprint density at radius 2 is 1.81 bits per heavy atom. The molecule has 2 aromatic heterocycles. The van der Waals surface area contributed by atoms with Crippen LogP contribution in [0.15, 0.2) is 24.8 Å². The van der Waals surface area contributed by atoms with E-state index in [1.807, 2.05) is 0 Å². The Morgan fingerprint density at radius 1 is 1.11 bits per heavy atom. The van der Waals surface area contributed by atoms with E-state index in [4.69, 9.17) is 0 Å². The van der Waals surface area contributed by atoms with Gasteiger partial charge >= 0.3 is 0 Å². The molecule has 0 atom stereocenters. The lowest BCUT2D eigenvalue weighted by Gasteiger charge is -2.39. The first-order valence-corrected chi connectivity index (χ1v) is 9.72. The van der Waals surface area contributed by atoms with Crippen molar-refractivity contribution in [2.24, 2.45) is 0 Å². The van der Waals surface area contributed by atoms with E-state index in [0.29, 0.717) is 31.3 Å². The number of aromatic amines is 1. The van der Waals surface area contributed by atoms with Crippen LogP contribution in [0.2, 0.25) is 0 Å². The molecule has 2 aromatic rings. The van der Waals surface area contributed by atoms with Crippen LogP contribution in [0.3, 0.4) is 0 Å². The lowest BCUT2D eigenvalue weighted by atomic mass is 10.1. The van der Waals surface area contributed by atoms with Gasteiger partial charge in [0.05, 0.1) is 18.0 Å². The number of carbonyl (C=O) groups excluding carboxylic acids is 2. The summed E-state index contributed by atoms with van der Waals surface area (Å²) in [7, 11) is 0. The predicted octanol–water partition coefficient (Wildman–Crippen LogP) is 1.74. The Labute approximate surface area is 157 Å². The lowest BCUT2D eigenvalue weighted by molar-refractivity contribution is -0.135. The number of hydrogen-bond acceptors (Lipinski definition) is 4. The van der Waals surface area contributed by atoms with Crippen LogP contribution in [0.4, 0.5) is 0 Å². The van der Waals surface area contributed by atoms with Crippen LogP contribution in [-0.2, 0) is 11.2 Å². The maximum absolute atomic E-state index is 12.8. The van der Waals surface area contributed by atoms with Gasteiger partial charge in [0.1, 0.15) is 6.33 Å². The molecule has 140 valence electrons. The van der Waals surface area contributed by atoms with E-state index in [0.717, 1.165) is 16.8 Å². The van der Waals surface area contributed by atoms with Crippen LogP contribution >= 0.6 is 0 Å². The summed E-state index contributed by atoms with van der Waals surface area (Å²) in [5, 5.41) is 3.10. The van der Waals surface area contributed by atoms with Crippen molar-refractivity contribution in [1.82, 2.24) is 25.2 Å². The van der Waals surface area contributed by atoms with E-state index in [2.05, 4.69) is 26.3 Å². The fourth-order valence-corrected chi connectivity index (χ4v) is 3.73. The largest absolute Gasteiger partial charge is 0.361 e. The van der Waals surface area contributed by atoms with Crippen LogP contribution in [0.25, 0.3) is 0 Å². The van der Waals surface area contributed by atoms with E-state index >= 15 is 0 Å². The van der Waals surface area contributed by atoms with Crippen molar-refractivity contribution in [3.8, 4) is 0 Å². The maximum Gasteiger partial charge on any atom is 0.253 e. The third kappa shape index (κ3) is 3.46. The molecule has 2 amide bonds. The minimum Gasteiger partial charge on any atom is -0.361 e. The smallest absolute Gasteiger partial charge is 0.253 e. The van der Waals surface area contributed by atoms with Crippen LogP contribution < -0.4 is 5.32 Å². The molecule has 2 N–H and O–H groups in total. The highest BCUT2D eigenvalue weighted by molar-refractivity contribution is 5.96. The van der Waals surface area contributed by atoms with Gasteiger partial charge in [0.15, 0.2) is 0 Å². The number of nitrogens with zero attached hydrogens (tertiary/aromatic N) is 3. The molecule has 3 aliphatic rings. The summed E-state index contributed by atoms with van der Waals surface area (Å²) in [6.45, 7) is 1.13. The molecular formula is C20H23N5O2. The molecule has 7 heteroatoms. The molecule has 0 unspecified atom stereocenters. The van der Waals surface area contributed by atoms with Gasteiger partial charge in [0.2, 0.25) is 5.91 Å². The molecule has 0 bridgehead atoms. The molecule has 0 spiro atoms. The normalized spacial score (nSPS) is 19.6. The second-order valence-electron chi connectivity index (χ2n) is 7.99. The van der Waals surface area contributed by atoms with Crippen LogP contribution in [-0.4, -0.2) is 50.8 Å². The molecule has 5 rings (SSSR count). The number of aromatic nitrogens is 3. The SMILES string of the molecule is O=C(NC1CN(C(=O)Cc2cncnc2)C1)c1cc(C2CC2)[nH]c1C1CC1. The quantitative estimate of drug-likeness (QED) is 0.816. The molecule has 27 heavy (non-hydrogen) atoms. The highest BCUT2D eigenvalue weighted by atomic mass is 16.2.